The van der Waals surface area contributed by atoms with Gasteiger partial charge in [-0.05, 0) is 18.1 Å². The zero-order chi connectivity index (χ0) is 13.1. The fourth-order valence-electron chi connectivity index (χ4n) is 2.42. The smallest absolute Gasteiger partial charge is 0.120 e. The average Bonchev–Trinajstić information content (AvgIpc) is 3.03. The molecule has 0 bridgehead atoms. The summed E-state index contributed by atoms with van der Waals surface area (Å²) in [7, 11) is 0. The van der Waals surface area contributed by atoms with Crippen LogP contribution in [-0.4, -0.2) is 14.8 Å². The van der Waals surface area contributed by atoms with Crippen molar-refractivity contribution in [3.05, 3.63) is 84.4 Å². The molecule has 0 saturated carbocycles. The Kier molecular flexibility index (Phi) is 2.88. The molecule has 0 amide bonds. The van der Waals surface area contributed by atoms with E-state index >= 15 is 0 Å². The van der Waals surface area contributed by atoms with Gasteiger partial charge in [-0.1, -0.05) is 60.7 Å². The molecule has 3 heteroatoms. The first kappa shape index (κ1) is 11.7. The SMILES string of the molecule is CC(c1ccccc1)(c1ccccc1)n1cnnc1. The highest BCUT2D eigenvalue weighted by Crippen LogP contribution is 2.32. The molecular weight excluding hydrogens is 234 g/mol. The summed E-state index contributed by atoms with van der Waals surface area (Å²) < 4.78 is 2.04. The topological polar surface area (TPSA) is 30.7 Å². The lowest BCUT2D eigenvalue weighted by molar-refractivity contribution is 0.473. The minimum absolute atomic E-state index is 0.300. The molecule has 0 radical (unpaired) electrons. The normalized spacial score (nSPS) is 11.4. The molecule has 0 N–H and O–H groups in total. The molecule has 0 saturated heterocycles. The Morgan fingerprint density at radius 3 is 1.58 bits per heavy atom. The second kappa shape index (κ2) is 4.69. The standard InChI is InChI=1S/C16H15N3/c1-16(19-12-17-18-13-19,14-8-4-2-5-9-14)15-10-6-3-7-11-15/h2-13H,1H3. The van der Waals surface area contributed by atoms with E-state index in [0.717, 1.165) is 0 Å². The summed E-state index contributed by atoms with van der Waals surface area (Å²) in [4.78, 5) is 0. The molecule has 3 rings (SSSR count). The lowest BCUT2D eigenvalue weighted by Crippen LogP contribution is -2.31. The molecule has 1 aromatic heterocycles. The molecule has 3 aromatic rings. The molecular formula is C16H15N3. The summed E-state index contributed by atoms with van der Waals surface area (Å²) in [5, 5.41) is 7.90. The number of benzene rings is 2. The summed E-state index contributed by atoms with van der Waals surface area (Å²) in [5.41, 5.74) is 2.12. The van der Waals surface area contributed by atoms with Gasteiger partial charge in [-0.15, -0.1) is 10.2 Å². The molecule has 0 atom stereocenters. The van der Waals surface area contributed by atoms with Crippen molar-refractivity contribution in [2.75, 3.05) is 0 Å². The highest BCUT2D eigenvalue weighted by atomic mass is 15.3. The van der Waals surface area contributed by atoms with Crippen LogP contribution in [0.4, 0.5) is 0 Å². The number of nitrogens with zero attached hydrogens (tertiary/aromatic N) is 3. The minimum Gasteiger partial charge on any atom is -0.306 e. The highest BCUT2D eigenvalue weighted by Gasteiger charge is 2.30. The molecule has 94 valence electrons. The van der Waals surface area contributed by atoms with Gasteiger partial charge < -0.3 is 4.57 Å². The van der Waals surface area contributed by atoms with Crippen LogP contribution in [0.3, 0.4) is 0 Å². The van der Waals surface area contributed by atoms with Crippen LogP contribution in [0.2, 0.25) is 0 Å². The van der Waals surface area contributed by atoms with Crippen molar-refractivity contribution < 1.29 is 0 Å². The zero-order valence-corrected chi connectivity index (χ0v) is 10.8. The molecule has 0 spiro atoms. The maximum absolute atomic E-state index is 3.95. The monoisotopic (exact) mass is 249 g/mol. The van der Waals surface area contributed by atoms with E-state index in [2.05, 4.69) is 65.7 Å². The quantitative estimate of drug-likeness (QED) is 0.714. The van der Waals surface area contributed by atoms with Crippen LogP contribution >= 0.6 is 0 Å². The van der Waals surface area contributed by atoms with Gasteiger partial charge in [0.25, 0.3) is 0 Å². The Hall–Kier alpha value is -2.42. The molecule has 3 nitrogen and oxygen atoms in total. The van der Waals surface area contributed by atoms with Crippen LogP contribution in [0.25, 0.3) is 0 Å². The van der Waals surface area contributed by atoms with E-state index in [1.807, 2.05) is 16.7 Å². The Morgan fingerprint density at radius 2 is 1.16 bits per heavy atom. The van der Waals surface area contributed by atoms with Gasteiger partial charge in [0.2, 0.25) is 0 Å². The largest absolute Gasteiger partial charge is 0.306 e. The van der Waals surface area contributed by atoms with Gasteiger partial charge in [-0.25, -0.2) is 0 Å². The fourth-order valence-corrected chi connectivity index (χ4v) is 2.42. The first-order valence-electron chi connectivity index (χ1n) is 6.28. The van der Waals surface area contributed by atoms with Gasteiger partial charge in [-0.2, -0.15) is 0 Å². The molecule has 19 heavy (non-hydrogen) atoms. The van der Waals surface area contributed by atoms with Gasteiger partial charge >= 0.3 is 0 Å². The van der Waals surface area contributed by atoms with E-state index in [9.17, 15) is 0 Å². The van der Waals surface area contributed by atoms with Crippen LogP contribution in [0.15, 0.2) is 73.3 Å². The number of hydrogen-bond acceptors (Lipinski definition) is 2. The molecule has 0 unspecified atom stereocenters. The van der Waals surface area contributed by atoms with Crippen molar-refractivity contribution in [1.82, 2.24) is 14.8 Å². The van der Waals surface area contributed by atoms with Gasteiger partial charge in [0.1, 0.15) is 12.7 Å². The first-order chi connectivity index (χ1) is 9.32. The molecule has 1 heterocycles. The van der Waals surface area contributed by atoms with Crippen molar-refractivity contribution >= 4 is 0 Å². The van der Waals surface area contributed by atoms with Crippen LogP contribution < -0.4 is 0 Å². The summed E-state index contributed by atoms with van der Waals surface area (Å²) in [6.07, 6.45) is 3.53. The summed E-state index contributed by atoms with van der Waals surface area (Å²) in [6.45, 7) is 2.18. The van der Waals surface area contributed by atoms with E-state index < -0.39 is 0 Å². The number of hydrogen-bond donors (Lipinski definition) is 0. The first-order valence-corrected chi connectivity index (χ1v) is 6.28. The van der Waals surface area contributed by atoms with Crippen molar-refractivity contribution in [2.24, 2.45) is 0 Å². The molecule has 0 aliphatic rings. The van der Waals surface area contributed by atoms with Crippen LogP contribution in [0.1, 0.15) is 18.1 Å². The van der Waals surface area contributed by atoms with Gasteiger partial charge in [-0.3, -0.25) is 0 Å². The van der Waals surface area contributed by atoms with Gasteiger partial charge in [0.05, 0.1) is 5.54 Å². The second-order valence-corrected chi connectivity index (χ2v) is 4.67. The summed E-state index contributed by atoms with van der Waals surface area (Å²) in [5.74, 6) is 0. The van der Waals surface area contributed by atoms with E-state index in [1.165, 1.54) is 11.1 Å². The maximum atomic E-state index is 3.95. The maximum Gasteiger partial charge on any atom is 0.120 e. The molecule has 2 aromatic carbocycles. The van der Waals surface area contributed by atoms with Crippen molar-refractivity contribution in [3.63, 3.8) is 0 Å². The predicted molar refractivity (Wildman–Crippen MR) is 74.8 cm³/mol. The minimum atomic E-state index is -0.300. The van der Waals surface area contributed by atoms with Crippen LogP contribution in [0.5, 0.6) is 0 Å². The highest BCUT2D eigenvalue weighted by molar-refractivity contribution is 5.38. The third-order valence-electron chi connectivity index (χ3n) is 3.61. The summed E-state index contributed by atoms with van der Waals surface area (Å²) in [6, 6.07) is 20.8. The zero-order valence-electron chi connectivity index (χ0n) is 10.8. The molecule has 0 fully saturated rings. The van der Waals surface area contributed by atoms with Crippen molar-refractivity contribution in [2.45, 2.75) is 12.5 Å². The van der Waals surface area contributed by atoms with E-state index in [-0.39, 0.29) is 5.54 Å². The average molecular weight is 249 g/mol. The lowest BCUT2D eigenvalue weighted by Gasteiger charge is -2.32. The Morgan fingerprint density at radius 1 is 0.737 bits per heavy atom. The van der Waals surface area contributed by atoms with Crippen LogP contribution in [0, 0.1) is 0 Å². The lowest BCUT2D eigenvalue weighted by atomic mass is 9.84. The Labute approximate surface area is 112 Å². The second-order valence-electron chi connectivity index (χ2n) is 4.67. The predicted octanol–water partition coefficient (Wildman–Crippen LogP) is 3.09. The van der Waals surface area contributed by atoms with Gasteiger partial charge in [0, 0.05) is 0 Å². The van der Waals surface area contributed by atoms with E-state index in [4.69, 9.17) is 0 Å². The van der Waals surface area contributed by atoms with Crippen molar-refractivity contribution in [3.8, 4) is 0 Å². The third-order valence-corrected chi connectivity index (χ3v) is 3.61. The summed E-state index contributed by atoms with van der Waals surface area (Å²) >= 11 is 0. The van der Waals surface area contributed by atoms with Gasteiger partial charge in [0.15, 0.2) is 0 Å². The molecule has 0 aliphatic heterocycles. The molecule has 0 aliphatic carbocycles. The van der Waals surface area contributed by atoms with E-state index in [1.54, 1.807) is 12.7 Å². The number of aromatic nitrogens is 3. The number of rotatable bonds is 3. The third kappa shape index (κ3) is 1.93. The van der Waals surface area contributed by atoms with E-state index in [0.29, 0.717) is 0 Å². The fraction of sp³-hybridized carbons (Fsp3) is 0.125. The van der Waals surface area contributed by atoms with Crippen LogP contribution in [-0.2, 0) is 5.54 Å². The Balaban J connectivity index is 2.23. The van der Waals surface area contributed by atoms with Crippen molar-refractivity contribution in [1.29, 1.82) is 0 Å². The Bertz CT molecular complexity index is 591.